The van der Waals surface area contributed by atoms with Crippen LogP contribution in [0.3, 0.4) is 0 Å². The number of carbonyl (C=O) groups is 2. The zero-order valence-electron chi connectivity index (χ0n) is 19.2. The van der Waals surface area contributed by atoms with Gasteiger partial charge in [0.15, 0.2) is 17.6 Å². The van der Waals surface area contributed by atoms with Gasteiger partial charge in [0.05, 0.1) is 42.1 Å². The average molecular weight is 493 g/mol. The highest BCUT2D eigenvalue weighted by Gasteiger charge is 2.61. The average Bonchev–Trinajstić information content (AvgIpc) is 3.39. The highest BCUT2D eigenvalue weighted by Crippen LogP contribution is 2.51. The summed E-state index contributed by atoms with van der Waals surface area (Å²) in [6.07, 6.45) is -1.28. The number of anilines is 2. The third kappa shape index (κ3) is 3.60. The van der Waals surface area contributed by atoms with E-state index in [1.165, 1.54) is 49.6 Å². The number of nitro benzene ring substituents is 1. The number of halogens is 1. The molecule has 184 valence electrons. The largest absolute Gasteiger partial charge is 0.493 e. The number of carbonyl (C=O) groups excluding carboxylic acids is 2. The molecule has 0 saturated carbocycles. The van der Waals surface area contributed by atoms with Gasteiger partial charge in [0, 0.05) is 0 Å². The number of benzene rings is 3. The first-order valence-electron chi connectivity index (χ1n) is 10.9. The predicted octanol–water partition coefficient (Wildman–Crippen LogP) is 3.80. The van der Waals surface area contributed by atoms with Gasteiger partial charge in [-0.1, -0.05) is 24.3 Å². The van der Waals surface area contributed by atoms with Gasteiger partial charge in [0.25, 0.3) is 11.6 Å². The van der Waals surface area contributed by atoms with Gasteiger partial charge in [-0.05, 0) is 36.4 Å². The smallest absolute Gasteiger partial charge is 0.278 e. The first kappa shape index (κ1) is 23.2. The molecule has 0 radical (unpaired) electrons. The number of hydrogen-bond donors (Lipinski definition) is 0. The van der Waals surface area contributed by atoms with E-state index in [4.69, 9.17) is 14.3 Å². The highest BCUT2D eigenvalue weighted by molar-refractivity contribution is 6.24. The number of fused-ring (bicyclic) bond motifs is 1. The van der Waals surface area contributed by atoms with Crippen LogP contribution in [0.1, 0.15) is 11.6 Å². The summed E-state index contributed by atoms with van der Waals surface area (Å²) in [4.78, 5) is 45.4. The van der Waals surface area contributed by atoms with Crippen molar-refractivity contribution in [3.05, 3.63) is 88.2 Å². The molecule has 3 aromatic carbocycles. The van der Waals surface area contributed by atoms with Crippen LogP contribution in [0.25, 0.3) is 0 Å². The zero-order valence-corrected chi connectivity index (χ0v) is 19.2. The Bertz CT molecular complexity index is 1370. The third-order valence-electron chi connectivity index (χ3n) is 6.24. The van der Waals surface area contributed by atoms with E-state index in [9.17, 15) is 24.1 Å². The molecule has 0 N–H and O–H groups in total. The Morgan fingerprint density at radius 2 is 1.58 bits per heavy atom. The van der Waals surface area contributed by atoms with Crippen molar-refractivity contribution in [2.75, 3.05) is 24.2 Å². The first-order valence-corrected chi connectivity index (χ1v) is 10.9. The molecule has 3 aromatic rings. The van der Waals surface area contributed by atoms with Gasteiger partial charge < -0.3 is 9.47 Å². The lowest BCUT2D eigenvalue weighted by Crippen LogP contribution is -2.37. The van der Waals surface area contributed by atoms with Crippen LogP contribution in [0.4, 0.5) is 21.5 Å². The second-order valence-electron chi connectivity index (χ2n) is 8.17. The van der Waals surface area contributed by atoms with Crippen molar-refractivity contribution in [2.45, 2.75) is 12.1 Å². The molecule has 5 rings (SSSR count). The molecule has 36 heavy (non-hydrogen) atoms. The van der Waals surface area contributed by atoms with Crippen molar-refractivity contribution in [3.8, 4) is 11.5 Å². The normalized spacial score (nSPS) is 21.0. The Balaban J connectivity index is 1.69. The molecule has 0 aromatic heterocycles. The molecule has 0 spiro atoms. The van der Waals surface area contributed by atoms with Crippen LogP contribution >= 0.6 is 0 Å². The summed E-state index contributed by atoms with van der Waals surface area (Å²) < 4.78 is 24.5. The van der Waals surface area contributed by atoms with Crippen LogP contribution < -0.4 is 19.4 Å². The van der Waals surface area contributed by atoms with Crippen LogP contribution in [-0.2, 0) is 14.4 Å². The fourth-order valence-electron chi connectivity index (χ4n) is 4.68. The van der Waals surface area contributed by atoms with Crippen molar-refractivity contribution in [1.82, 2.24) is 0 Å². The van der Waals surface area contributed by atoms with E-state index in [-0.39, 0.29) is 28.4 Å². The summed E-state index contributed by atoms with van der Waals surface area (Å²) in [7, 11) is 2.73. The third-order valence-corrected chi connectivity index (χ3v) is 6.24. The van der Waals surface area contributed by atoms with E-state index < -0.39 is 40.6 Å². The van der Waals surface area contributed by atoms with Gasteiger partial charge in [0.1, 0.15) is 17.8 Å². The lowest BCUT2D eigenvalue weighted by molar-refractivity contribution is -0.385. The Hall–Kier alpha value is -4.51. The summed E-state index contributed by atoms with van der Waals surface area (Å²) in [5.74, 6) is -2.80. The van der Waals surface area contributed by atoms with Crippen LogP contribution in [-0.4, -0.2) is 37.1 Å². The second-order valence-corrected chi connectivity index (χ2v) is 8.17. The first-order chi connectivity index (χ1) is 17.3. The van der Waals surface area contributed by atoms with E-state index in [0.717, 1.165) is 11.0 Å². The summed E-state index contributed by atoms with van der Waals surface area (Å²) in [5.41, 5.74) is 0.289. The number of hydrogen-bond acceptors (Lipinski definition) is 8. The molecule has 0 bridgehead atoms. The quantitative estimate of drug-likeness (QED) is 0.290. The Kier molecular flexibility index (Phi) is 5.77. The summed E-state index contributed by atoms with van der Waals surface area (Å²) in [5, 5.41) is 13.4. The molecular formula is C25H20FN3O7. The topological polar surface area (TPSA) is 111 Å². The number of hydroxylamine groups is 1. The Labute approximate surface area is 204 Å². The second kappa shape index (κ2) is 8.93. The molecule has 2 fully saturated rings. The monoisotopic (exact) mass is 493 g/mol. The number of rotatable bonds is 6. The van der Waals surface area contributed by atoms with Gasteiger partial charge in [-0.15, -0.1) is 0 Å². The number of ether oxygens (including phenoxy) is 2. The van der Waals surface area contributed by atoms with Crippen molar-refractivity contribution < 1.29 is 33.2 Å². The Morgan fingerprint density at radius 3 is 2.22 bits per heavy atom. The predicted molar refractivity (Wildman–Crippen MR) is 125 cm³/mol. The van der Waals surface area contributed by atoms with Crippen molar-refractivity contribution in [3.63, 3.8) is 0 Å². The molecule has 2 aliphatic heterocycles. The lowest BCUT2D eigenvalue weighted by atomic mass is 9.89. The van der Waals surface area contributed by atoms with Crippen LogP contribution in [0.2, 0.25) is 0 Å². The van der Waals surface area contributed by atoms with E-state index in [2.05, 4.69) is 0 Å². The molecular weight excluding hydrogens is 473 g/mol. The van der Waals surface area contributed by atoms with Gasteiger partial charge >= 0.3 is 0 Å². The number of amides is 2. The Morgan fingerprint density at radius 1 is 0.917 bits per heavy atom. The fourth-order valence-corrected chi connectivity index (χ4v) is 4.68. The van der Waals surface area contributed by atoms with Gasteiger partial charge in [0.2, 0.25) is 5.91 Å². The number of methoxy groups -OCH3 is 2. The number of nitrogens with zero attached hydrogens (tertiary/aromatic N) is 3. The number of nitro groups is 1. The minimum atomic E-state index is -1.28. The van der Waals surface area contributed by atoms with Crippen LogP contribution in [0.5, 0.6) is 11.5 Å². The maximum atomic E-state index is 13.9. The molecule has 2 heterocycles. The zero-order chi connectivity index (χ0) is 25.6. The van der Waals surface area contributed by atoms with E-state index in [1.54, 1.807) is 30.3 Å². The molecule has 11 heteroatoms. The lowest BCUT2D eigenvalue weighted by Gasteiger charge is -2.29. The standard InChI is InChI=1S/C25H20FN3O7/c1-34-19-12-17(18(29(32)33)13-20(19)35-2)22-21-23(36-28(22)15-8-4-3-5-9-15)25(31)27(24(21)30)16-10-6-7-14(26)11-16/h3-13,21-23H,1-2H3. The molecule has 2 amide bonds. The fraction of sp³-hybridized carbons (Fsp3) is 0.200. The maximum absolute atomic E-state index is 13.9. The van der Waals surface area contributed by atoms with Crippen molar-refractivity contribution in [2.24, 2.45) is 5.92 Å². The SMILES string of the molecule is COc1cc(C2C3C(=O)N(c4cccc(F)c4)C(=O)C3ON2c2ccccc2)c([N+](=O)[O-])cc1OC. The molecule has 3 atom stereocenters. The van der Waals surface area contributed by atoms with Gasteiger partial charge in [-0.25, -0.2) is 14.4 Å². The van der Waals surface area contributed by atoms with E-state index in [1.807, 2.05) is 0 Å². The number of para-hydroxylation sites is 1. The van der Waals surface area contributed by atoms with Crippen LogP contribution in [0.15, 0.2) is 66.7 Å². The minimum Gasteiger partial charge on any atom is -0.493 e. The summed E-state index contributed by atoms with van der Waals surface area (Å²) in [6.45, 7) is 0. The molecule has 3 unspecified atom stereocenters. The molecule has 0 aliphatic carbocycles. The highest BCUT2D eigenvalue weighted by atomic mass is 19.1. The van der Waals surface area contributed by atoms with Gasteiger partial charge in [-0.3, -0.25) is 24.5 Å². The molecule has 10 nitrogen and oxygen atoms in total. The van der Waals surface area contributed by atoms with Crippen molar-refractivity contribution >= 4 is 28.9 Å². The van der Waals surface area contributed by atoms with Crippen molar-refractivity contribution in [1.29, 1.82) is 0 Å². The summed E-state index contributed by atoms with van der Waals surface area (Å²) in [6, 6.07) is 15.2. The number of imide groups is 1. The van der Waals surface area contributed by atoms with E-state index in [0.29, 0.717) is 5.69 Å². The minimum absolute atomic E-state index is 0.0508. The molecule has 2 saturated heterocycles. The molecule has 2 aliphatic rings. The maximum Gasteiger partial charge on any atom is 0.278 e. The van der Waals surface area contributed by atoms with E-state index >= 15 is 0 Å². The van der Waals surface area contributed by atoms with Crippen LogP contribution in [0, 0.1) is 21.8 Å². The summed E-state index contributed by atoms with van der Waals surface area (Å²) >= 11 is 0. The van der Waals surface area contributed by atoms with Gasteiger partial charge in [-0.2, -0.15) is 0 Å².